The number of hydrogen-bond acceptors (Lipinski definition) is 4. The van der Waals surface area contributed by atoms with Crippen molar-refractivity contribution < 1.29 is 8.42 Å². The third-order valence-corrected chi connectivity index (χ3v) is 5.44. The number of piperidine rings is 1. The molecule has 21 heavy (non-hydrogen) atoms. The summed E-state index contributed by atoms with van der Waals surface area (Å²) in [5, 5.41) is 3.01. The number of sulfonamides is 1. The van der Waals surface area contributed by atoms with E-state index < -0.39 is 10.0 Å². The molecule has 5 nitrogen and oxygen atoms in total. The number of nitrogens with zero attached hydrogens (tertiary/aromatic N) is 1. The summed E-state index contributed by atoms with van der Waals surface area (Å²) in [6.45, 7) is 3.12. The van der Waals surface area contributed by atoms with Gasteiger partial charge in [0, 0.05) is 19.6 Å². The lowest BCUT2D eigenvalue weighted by atomic mass is 9.99. The van der Waals surface area contributed by atoms with Crippen LogP contribution in [-0.4, -0.2) is 47.0 Å². The molecule has 0 radical (unpaired) electrons. The standard InChI is InChI=1S/C15H25N3O2S/c1-16-11-14-7-3-4-8-15(14)21(19,20)17-10-13-6-5-9-18(2)12-13/h3-4,7-8,13,16-17H,5-6,9-12H2,1-2H3. The van der Waals surface area contributed by atoms with Crippen LogP contribution in [0.1, 0.15) is 18.4 Å². The van der Waals surface area contributed by atoms with E-state index in [1.54, 1.807) is 12.1 Å². The van der Waals surface area contributed by atoms with Crippen molar-refractivity contribution in [1.29, 1.82) is 0 Å². The SMILES string of the molecule is CNCc1ccccc1S(=O)(=O)NCC1CCCN(C)C1. The molecule has 118 valence electrons. The predicted octanol–water partition coefficient (Wildman–Crippen LogP) is 1.03. The van der Waals surface area contributed by atoms with Crippen LogP contribution >= 0.6 is 0 Å². The topological polar surface area (TPSA) is 61.4 Å². The van der Waals surface area contributed by atoms with Gasteiger partial charge in [0.25, 0.3) is 0 Å². The van der Waals surface area contributed by atoms with Gasteiger partial charge in [-0.25, -0.2) is 13.1 Å². The minimum Gasteiger partial charge on any atom is -0.316 e. The summed E-state index contributed by atoms with van der Waals surface area (Å²) in [4.78, 5) is 2.64. The lowest BCUT2D eigenvalue weighted by Gasteiger charge is -2.29. The Kier molecular flexibility index (Phi) is 5.75. The second kappa shape index (κ2) is 7.35. The van der Waals surface area contributed by atoms with E-state index in [4.69, 9.17) is 0 Å². The van der Waals surface area contributed by atoms with E-state index in [-0.39, 0.29) is 0 Å². The summed E-state index contributed by atoms with van der Waals surface area (Å²) in [5.41, 5.74) is 0.799. The second-order valence-corrected chi connectivity index (χ2v) is 7.50. The van der Waals surface area contributed by atoms with Gasteiger partial charge >= 0.3 is 0 Å². The van der Waals surface area contributed by atoms with Gasteiger partial charge in [-0.3, -0.25) is 0 Å². The molecule has 1 unspecified atom stereocenters. The van der Waals surface area contributed by atoms with Gasteiger partial charge in [-0.05, 0) is 51.0 Å². The average Bonchev–Trinajstić information content (AvgIpc) is 2.46. The Labute approximate surface area is 127 Å². The molecule has 6 heteroatoms. The van der Waals surface area contributed by atoms with Crippen molar-refractivity contribution in [1.82, 2.24) is 14.9 Å². The maximum Gasteiger partial charge on any atom is 0.240 e. The van der Waals surface area contributed by atoms with E-state index in [1.165, 1.54) is 0 Å². The summed E-state index contributed by atoms with van der Waals surface area (Å²) in [7, 11) is 0.462. The monoisotopic (exact) mass is 311 g/mol. The molecule has 1 saturated heterocycles. The van der Waals surface area contributed by atoms with Crippen LogP contribution in [0.4, 0.5) is 0 Å². The molecule has 0 amide bonds. The molecule has 1 aromatic carbocycles. The van der Waals surface area contributed by atoms with Gasteiger partial charge < -0.3 is 10.2 Å². The van der Waals surface area contributed by atoms with Crippen molar-refractivity contribution in [3.8, 4) is 0 Å². The molecule has 0 saturated carbocycles. The van der Waals surface area contributed by atoms with E-state index in [9.17, 15) is 8.42 Å². The molecular formula is C15H25N3O2S. The molecule has 0 spiro atoms. The number of hydrogen-bond donors (Lipinski definition) is 2. The van der Waals surface area contributed by atoms with Gasteiger partial charge in [0.1, 0.15) is 0 Å². The van der Waals surface area contributed by atoms with Gasteiger partial charge in [-0.2, -0.15) is 0 Å². The quantitative estimate of drug-likeness (QED) is 0.824. The highest BCUT2D eigenvalue weighted by atomic mass is 32.2. The van der Waals surface area contributed by atoms with Crippen LogP contribution in [0.2, 0.25) is 0 Å². The zero-order valence-corrected chi connectivity index (χ0v) is 13.6. The van der Waals surface area contributed by atoms with Crippen molar-refractivity contribution in [2.45, 2.75) is 24.3 Å². The Bertz CT molecular complexity index is 560. The fraction of sp³-hybridized carbons (Fsp3) is 0.600. The van der Waals surface area contributed by atoms with Crippen molar-refractivity contribution in [2.24, 2.45) is 5.92 Å². The van der Waals surface area contributed by atoms with Gasteiger partial charge in [0.2, 0.25) is 10.0 Å². The first-order valence-electron chi connectivity index (χ1n) is 7.43. The summed E-state index contributed by atoms with van der Waals surface area (Å²) in [5.74, 6) is 0.398. The highest BCUT2D eigenvalue weighted by molar-refractivity contribution is 7.89. The van der Waals surface area contributed by atoms with Gasteiger partial charge in [0.05, 0.1) is 4.90 Å². The van der Waals surface area contributed by atoms with Gasteiger partial charge in [-0.1, -0.05) is 18.2 Å². The van der Waals surface area contributed by atoms with Crippen LogP contribution in [0, 0.1) is 5.92 Å². The van der Waals surface area contributed by atoms with Crippen molar-refractivity contribution in [2.75, 3.05) is 33.7 Å². The summed E-state index contributed by atoms with van der Waals surface area (Å²) in [6, 6.07) is 7.14. The average molecular weight is 311 g/mol. The van der Waals surface area contributed by atoms with Crippen molar-refractivity contribution >= 4 is 10.0 Å². The van der Waals surface area contributed by atoms with Crippen LogP contribution in [0.3, 0.4) is 0 Å². The Hall–Kier alpha value is -0.950. The van der Waals surface area contributed by atoms with Crippen LogP contribution in [-0.2, 0) is 16.6 Å². The largest absolute Gasteiger partial charge is 0.316 e. The maximum absolute atomic E-state index is 12.5. The van der Waals surface area contributed by atoms with Crippen LogP contribution < -0.4 is 10.0 Å². The molecule has 2 rings (SSSR count). The molecule has 1 aromatic rings. The molecule has 1 aliphatic heterocycles. The zero-order valence-electron chi connectivity index (χ0n) is 12.8. The molecule has 0 bridgehead atoms. The second-order valence-electron chi connectivity index (χ2n) is 5.76. The van der Waals surface area contributed by atoms with E-state index >= 15 is 0 Å². The zero-order chi connectivity index (χ0) is 15.3. The number of rotatable bonds is 6. The van der Waals surface area contributed by atoms with E-state index in [0.29, 0.717) is 23.9 Å². The molecule has 0 aromatic heterocycles. The number of likely N-dealkylation sites (tertiary alicyclic amines) is 1. The smallest absolute Gasteiger partial charge is 0.240 e. The number of benzene rings is 1. The summed E-state index contributed by atoms with van der Waals surface area (Å²) >= 11 is 0. The maximum atomic E-state index is 12.5. The molecule has 0 aliphatic carbocycles. The third-order valence-electron chi connectivity index (χ3n) is 3.91. The Morgan fingerprint density at radius 3 is 2.81 bits per heavy atom. The predicted molar refractivity (Wildman–Crippen MR) is 84.6 cm³/mol. The molecular weight excluding hydrogens is 286 g/mol. The lowest BCUT2D eigenvalue weighted by Crippen LogP contribution is -2.39. The first kappa shape index (κ1) is 16.4. The Balaban J connectivity index is 2.04. The van der Waals surface area contributed by atoms with Gasteiger partial charge in [0.15, 0.2) is 0 Å². The van der Waals surface area contributed by atoms with E-state index in [1.807, 2.05) is 19.2 Å². The summed E-state index contributed by atoms with van der Waals surface area (Å²) in [6.07, 6.45) is 2.23. The molecule has 1 aliphatic rings. The first-order chi connectivity index (χ1) is 10.0. The fourth-order valence-corrected chi connectivity index (χ4v) is 4.20. The van der Waals surface area contributed by atoms with Crippen molar-refractivity contribution in [3.05, 3.63) is 29.8 Å². The van der Waals surface area contributed by atoms with Crippen LogP contribution in [0.15, 0.2) is 29.2 Å². The summed E-state index contributed by atoms with van der Waals surface area (Å²) < 4.78 is 27.8. The first-order valence-corrected chi connectivity index (χ1v) is 8.92. The third kappa shape index (κ3) is 4.51. The van der Waals surface area contributed by atoms with Gasteiger partial charge in [-0.15, -0.1) is 0 Å². The molecule has 1 heterocycles. The minimum atomic E-state index is -3.44. The van der Waals surface area contributed by atoms with E-state index in [2.05, 4.69) is 22.0 Å². The fourth-order valence-electron chi connectivity index (χ4n) is 2.85. The molecule has 1 fully saturated rings. The molecule has 2 N–H and O–H groups in total. The minimum absolute atomic E-state index is 0.378. The van der Waals surface area contributed by atoms with E-state index in [0.717, 1.165) is 31.5 Å². The Morgan fingerprint density at radius 2 is 2.10 bits per heavy atom. The highest BCUT2D eigenvalue weighted by Crippen LogP contribution is 2.18. The normalized spacial score (nSPS) is 20.6. The van der Waals surface area contributed by atoms with Crippen molar-refractivity contribution in [3.63, 3.8) is 0 Å². The van der Waals surface area contributed by atoms with Crippen LogP contribution in [0.25, 0.3) is 0 Å². The highest BCUT2D eigenvalue weighted by Gasteiger charge is 2.22. The van der Waals surface area contributed by atoms with Crippen LogP contribution in [0.5, 0.6) is 0 Å². The lowest BCUT2D eigenvalue weighted by molar-refractivity contribution is 0.211. The Morgan fingerprint density at radius 1 is 1.33 bits per heavy atom. The number of nitrogens with one attached hydrogen (secondary N) is 2. The molecule has 1 atom stereocenters.